The molecule has 0 aromatic heterocycles. The molecule has 1 aromatic carbocycles. The van der Waals surface area contributed by atoms with Crippen LogP contribution in [-0.4, -0.2) is 5.78 Å². The maximum atomic E-state index is 13.6. The van der Waals surface area contributed by atoms with Gasteiger partial charge in [-0.1, -0.05) is 22.0 Å². The Kier molecular flexibility index (Phi) is 2.22. The minimum atomic E-state index is -0.538. The fourth-order valence-corrected chi connectivity index (χ4v) is 2.58. The van der Waals surface area contributed by atoms with Crippen LogP contribution in [0.5, 0.6) is 0 Å². The number of Topliss-reactive ketones (excluding diaryl/α,β-unsaturated/α-hetero) is 1. The topological polar surface area (TPSA) is 17.1 Å². The fraction of sp³-hybridized carbons (Fsp3) is 0.364. The number of benzene rings is 1. The van der Waals surface area contributed by atoms with Crippen molar-refractivity contribution in [1.29, 1.82) is 0 Å². The molecule has 0 saturated heterocycles. The van der Waals surface area contributed by atoms with Gasteiger partial charge in [0.1, 0.15) is 11.6 Å². The summed E-state index contributed by atoms with van der Waals surface area (Å²) in [6.45, 7) is 1.53. The molecule has 1 saturated carbocycles. The Labute approximate surface area is 90.4 Å². The predicted octanol–water partition coefficient (Wildman–Crippen LogP) is 3.21. The standard InChI is InChI=1S/C11H10BrFO/c1-7(14)11(5-6-11)10-8(12)3-2-4-9(10)13/h2-4H,5-6H2,1H3. The van der Waals surface area contributed by atoms with Gasteiger partial charge in [0.15, 0.2) is 0 Å². The first-order valence-corrected chi connectivity index (χ1v) is 5.33. The van der Waals surface area contributed by atoms with Crippen LogP contribution in [0.25, 0.3) is 0 Å². The summed E-state index contributed by atoms with van der Waals surface area (Å²) >= 11 is 3.30. The van der Waals surface area contributed by atoms with Gasteiger partial charge in [-0.3, -0.25) is 4.79 Å². The van der Waals surface area contributed by atoms with E-state index in [-0.39, 0.29) is 11.6 Å². The second-order valence-corrected chi connectivity index (χ2v) is 4.59. The number of hydrogen-bond donors (Lipinski definition) is 0. The van der Waals surface area contributed by atoms with Gasteiger partial charge in [0.25, 0.3) is 0 Å². The van der Waals surface area contributed by atoms with Crippen molar-refractivity contribution < 1.29 is 9.18 Å². The van der Waals surface area contributed by atoms with Gasteiger partial charge in [-0.2, -0.15) is 0 Å². The van der Waals surface area contributed by atoms with Crippen molar-refractivity contribution in [2.24, 2.45) is 0 Å². The van der Waals surface area contributed by atoms with Crippen molar-refractivity contribution in [3.05, 3.63) is 34.1 Å². The van der Waals surface area contributed by atoms with E-state index in [2.05, 4.69) is 15.9 Å². The molecule has 14 heavy (non-hydrogen) atoms. The molecule has 1 aromatic rings. The lowest BCUT2D eigenvalue weighted by Gasteiger charge is -2.14. The summed E-state index contributed by atoms with van der Waals surface area (Å²) in [6.07, 6.45) is 1.53. The highest BCUT2D eigenvalue weighted by atomic mass is 79.9. The Morgan fingerprint density at radius 1 is 1.50 bits per heavy atom. The molecule has 0 atom stereocenters. The minimum Gasteiger partial charge on any atom is -0.299 e. The molecule has 1 aliphatic carbocycles. The fourth-order valence-electron chi connectivity index (χ4n) is 1.86. The highest BCUT2D eigenvalue weighted by Crippen LogP contribution is 2.51. The SMILES string of the molecule is CC(=O)C1(c2c(F)cccc2Br)CC1. The first kappa shape index (κ1) is 9.84. The lowest BCUT2D eigenvalue weighted by molar-refractivity contribution is -0.119. The van der Waals surface area contributed by atoms with Gasteiger partial charge in [-0.05, 0) is 31.9 Å². The molecule has 0 amide bonds. The Balaban J connectivity index is 2.56. The summed E-state index contributed by atoms with van der Waals surface area (Å²) in [5.74, 6) is -0.227. The molecule has 0 radical (unpaired) electrons. The Bertz CT molecular complexity index is 376. The van der Waals surface area contributed by atoms with Crippen LogP contribution < -0.4 is 0 Å². The predicted molar refractivity (Wildman–Crippen MR) is 55.7 cm³/mol. The smallest absolute Gasteiger partial charge is 0.140 e. The molecule has 3 heteroatoms. The Morgan fingerprint density at radius 3 is 2.57 bits per heavy atom. The number of rotatable bonds is 2. The summed E-state index contributed by atoms with van der Waals surface area (Å²) < 4.78 is 14.3. The van der Waals surface area contributed by atoms with Crippen LogP contribution in [0.2, 0.25) is 0 Å². The largest absolute Gasteiger partial charge is 0.299 e. The van der Waals surface area contributed by atoms with Gasteiger partial charge >= 0.3 is 0 Å². The molecular formula is C11H10BrFO. The zero-order chi connectivity index (χ0) is 10.3. The summed E-state index contributed by atoms with van der Waals surface area (Å²) in [5, 5.41) is 0. The van der Waals surface area contributed by atoms with Crippen LogP contribution in [0, 0.1) is 5.82 Å². The molecule has 1 nitrogen and oxygen atoms in total. The van der Waals surface area contributed by atoms with Crippen molar-refractivity contribution in [3.8, 4) is 0 Å². The van der Waals surface area contributed by atoms with Crippen molar-refractivity contribution in [1.82, 2.24) is 0 Å². The second-order valence-electron chi connectivity index (χ2n) is 3.73. The van der Waals surface area contributed by atoms with E-state index in [0.717, 1.165) is 12.8 Å². The number of carbonyl (C=O) groups is 1. The minimum absolute atomic E-state index is 0.0586. The van der Waals surface area contributed by atoms with Crippen molar-refractivity contribution >= 4 is 21.7 Å². The van der Waals surface area contributed by atoms with Crippen LogP contribution in [0.3, 0.4) is 0 Å². The quantitative estimate of drug-likeness (QED) is 0.795. The molecule has 74 valence electrons. The molecule has 0 heterocycles. The lowest BCUT2D eigenvalue weighted by atomic mass is 9.92. The molecule has 2 rings (SSSR count). The molecule has 0 bridgehead atoms. The molecule has 1 fully saturated rings. The summed E-state index contributed by atoms with van der Waals surface area (Å²) in [7, 11) is 0. The number of ketones is 1. The van der Waals surface area contributed by atoms with Gasteiger partial charge in [0, 0.05) is 10.0 Å². The Hall–Kier alpha value is -0.700. The number of carbonyl (C=O) groups excluding carboxylic acids is 1. The highest BCUT2D eigenvalue weighted by Gasteiger charge is 2.51. The first-order chi connectivity index (χ1) is 6.58. The number of halogens is 2. The van der Waals surface area contributed by atoms with Crippen molar-refractivity contribution in [2.75, 3.05) is 0 Å². The maximum Gasteiger partial charge on any atom is 0.140 e. The van der Waals surface area contributed by atoms with E-state index in [1.54, 1.807) is 12.1 Å². The third-order valence-electron chi connectivity index (χ3n) is 2.87. The van der Waals surface area contributed by atoms with E-state index in [4.69, 9.17) is 0 Å². The van der Waals surface area contributed by atoms with Crippen LogP contribution in [0.4, 0.5) is 4.39 Å². The van der Waals surface area contributed by atoms with Crippen molar-refractivity contribution in [2.45, 2.75) is 25.2 Å². The lowest BCUT2D eigenvalue weighted by Crippen LogP contribution is -2.19. The van der Waals surface area contributed by atoms with Crippen LogP contribution in [0.1, 0.15) is 25.3 Å². The molecule has 0 unspecified atom stereocenters. The van der Waals surface area contributed by atoms with E-state index in [1.165, 1.54) is 13.0 Å². The summed E-state index contributed by atoms with van der Waals surface area (Å²) in [4.78, 5) is 11.4. The van der Waals surface area contributed by atoms with E-state index in [0.29, 0.717) is 10.0 Å². The van der Waals surface area contributed by atoms with Gasteiger partial charge in [0.2, 0.25) is 0 Å². The van der Waals surface area contributed by atoms with Gasteiger partial charge < -0.3 is 0 Å². The zero-order valence-electron chi connectivity index (χ0n) is 7.81. The molecule has 0 spiro atoms. The summed E-state index contributed by atoms with van der Waals surface area (Å²) in [5.41, 5.74) is -0.00280. The van der Waals surface area contributed by atoms with E-state index in [1.807, 2.05) is 0 Å². The number of hydrogen-bond acceptors (Lipinski definition) is 1. The van der Waals surface area contributed by atoms with Crippen LogP contribution in [-0.2, 0) is 10.2 Å². The Morgan fingerprint density at radius 2 is 2.14 bits per heavy atom. The third kappa shape index (κ3) is 1.31. The van der Waals surface area contributed by atoms with Gasteiger partial charge in [0.05, 0.1) is 5.41 Å². The molecule has 0 aliphatic heterocycles. The maximum absolute atomic E-state index is 13.6. The van der Waals surface area contributed by atoms with E-state index >= 15 is 0 Å². The third-order valence-corrected chi connectivity index (χ3v) is 3.53. The molecular weight excluding hydrogens is 247 g/mol. The van der Waals surface area contributed by atoms with Crippen molar-refractivity contribution in [3.63, 3.8) is 0 Å². The molecule has 0 N–H and O–H groups in total. The first-order valence-electron chi connectivity index (χ1n) is 4.53. The van der Waals surface area contributed by atoms with E-state index < -0.39 is 5.41 Å². The average Bonchev–Trinajstić information content (AvgIpc) is 2.85. The summed E-state index contributed by atoms with van der Waals surface area (Å²) in [6, 6.07) is 4.82. The highest BCUT2D eigenvalue weighted by molar-refractivity contribution is 9.10. The van der Waals surface area contributed by atoms with Gasteiger partial charge in [-0.15, -0.1) is 0 Å². The average molecular weight is 257 g/mol. The van der Waals surface area contributed by atoms with E-state index in [9.17, 15) is 9.18 Å². The second kappa shape index (κ2) is 3.16. The van der Waals surface area contributed by atoms with Crippen LogP contribution in [0.15, 0.2) is 22.7 Å². The monoisotopic (exact) mass is 256 g/mol. The van der Waals surface area contributed by atoms with Crippen LogP contribution >= 0.6 is 15.9 Å². The molecule has 1 aliphatic rings. The zero-order valence-corrected chi connectivity index (χ0v) is 9.40. The van der Waals surface area contributed by atoms with Gasteiger partial charge in [-0.25, -0.2) is 4.39 Å². The normalized spacial score (nSPS) is 17.9.